The first kappa shape index (κ1) is 21.5. The van der Waals surface area contributed by atoms with Crippen LogP contribution in [0.25, 0.3) is 11.1 Å². The van der Waals surface area contributed by atoms with Crippen molar-refractivity contribution in [3.63, 3.8) is 0 Å². The maximum atomic E-state index is 13.0. The standard InChI is InChI=1S/C26H28N2O5/c1-2-7-22(24(29)28-12-19-20(13-28)23(19)25(30)31)27-26(32)33-14-21-17-10-5-3-8-15(17)16-9-4-6-11-18(16)21/h3-6,8-11,19-23H,2,7,12-14H2,1H3,(H,27,32)(H,30,31)/t19-,20+,22-,23?/m0/s1. The number of nitrogens with zero attached hydrogens (tertiary/aromatic N) is 1. The van der Waals surface area contributed by atoms with Gasteiger partial charge in [0, 0.05) is 19.0 Å². The Hall–Kier alpha value is -3.35. The Labute approximate surface area is 192 Å². The van der Waals surface area contributed by atoms with Gasteiger partial charge < -0.3 is 20.1 Å². The highest BCUT2D eigenvalue weighted by molar-refractivity contribution is 5.87. The Morgan fingerprint density at radius 3 is 2.15 bits per heavy atom. The Morgan fingerprint density at radius 2 is 1.61 bits per heavy atom. The maximum absolute atomic E-state index is 13.0. The van der Waals surface area contributed by atoms with Gasteiger partial charge in [-0.1, -0.05) is 61.9 Å². The zero-order valence-corrected chi connectivity index (χ0v) is 18.6. The van der Waals surface area contributed by atoms with Gasteiger partial charge in [-0.3, -0.25) is 9.59 Å². The summed E-state index contributed by atoms with van der Waals surface area (Å²) >= 11 is 0. The number of likely N-dealkylation sites (tertiary alicyclic amines) is 1. The lowest BCUT2D eigenvalue weighted by Crippen LogP contribution is -2.49. The number of carbonyl (C=O) groups excluding carboxylic acids is 2. The molecule has 2 aromatic rings. The molecule has 0 spiro atoms. The molecule has 33 heavy (non-hydrogen) atoms. The largest absolute Gasteiger partial charge is 0.481 e. The van der Waals surface area contributed by atoms with Gasteiger partial charge in [0.15, 0.2) is 0 Å². The van der Waals surface area contributed by atoms with E-state index < -0.39 is 18.1 Å². The second-order valence-electron chi connectivity index (χ2n) is 9.25. The molecule has 172 valence electrons. The first-order valence-electron chi connectivity index (χ1n) is 11.6. The number of hydrogen-bond donors (Lipinski definition) is 2. The maximum Gasteiger partial charge on any atom is 0.407 e. The van der Waals surface area contributed by atoms with Crippen LogP contribution in [0.1, 0.15) is 36.8 Å². The lowest BCUT2D eigenvalue weighted by Gasteiger charge is -2.26. The number of carboxylic acid groups (broad SMARTS) is 1. The number of nitrogens with one attached hydrogen (secondary N) is 1. The SMILES string of the molecule is CCC[C@H](NC(=O)OCC1c2ccccc2-c2ccccc21)C(=O)N1C[C@@H]2C(C(=O)O)[C@@H]2C1. The number of benzene rings is 2. The Bertz CT molecular complexity index is 1040. The third kappa shape index (κ3) is 3.86. The van der Waals surface area contributed by atoms with Gasteiger partial charge in [-0.05, 0) is 40.5 Å². The molecule has 0 bridgehead atoms. The van der Waals surface area contributed by atoms with Crippen molar-refractivity contribution in [2.45, 2.75) is 31.7 Å². The molecule has 2 amide bonds. The van der Waals surface area contributed by atoms with Crippen LogP contribution >= 0.6 is 0 Å². The van der Waals surface area contributed by atoms with E-state index in [2.05, 4.69) is 29.6 Å². The molecular formula is C26H28N2O5. The topological polar surface area (TPSA) is 95.9 Å². The molecule has 1 aliphatic heterocycles. The lowest BCUT2D eigenvalue weighted by atomic mass is 9.98. The van der Waals surface area contributed by atoms with E-state index in [1.54, 1.807) is 4.90 Å². The summed E-state index contributed by atoms with van der Waals surface area (Å²) in [5, 5.41) is 12.0. The number of aliphatic carboxylic acids is 1. The fraction of sp³-hybridized carbons (Fsp3) is 0.423. The third-order valence-electron chi connectivity index (χ3n) is 7.30. The van der Waals surface area contributed by atoms with Gasteiger partial charge in [-0.15, -0.1) is 0 Å². The Morgan fingerprint density at radius 1 is 1.03 bits per heavy atom. The molecule has 1 heterocycles. The molecule has 7 nitrogen and oxygen atoms in total. The molecule has 4 atom stereocenters. The minimum absolute atomic E-state index is 0.0397. The molecule has 0 radical (unpaired) electrons. The molecule has 2 N–H and O–H groups in total. The zero-order valence-electron chi connectivity index (χ0n) is 18.6. The van der Waals surface area contributed by atoms with Crippen molar-refractivity contribution in [3.8, 4) is 11.1 Å². The van der Waals surface area contributed by atoms with E-state index in [0.717, 1.165) is 28.7 Å². The summed E-state index contributed by atoms with van der Waals surface area (Å²) in [5.41, 5.74) is 4.59. The predicted octanol–water partition coefficient (Wildman–Crippen LogP) is 3.48. The van der Waals surface area contributed by atoms with E-state index in [-0.39, 0.29) is 36.2 Å². The number of amides is 2. The van der Waals surface area contributed by atoms with Gasteiger partial charge in [0.1, 0.15) is 12.6 Å². The van der Waals surface area contributed by atoms with E-state index >= 15 is 0 Å². The van der Waals surface area contributed by atoms with Crippen molar-refractivity contribution >= 4 is 18.0 Å². The highest BCUT2D eigenvalue weighted by atomic mass is 16.5. The summed E-state index contributed by atoms with van der Waals surface area (Å²) in [6.07, 6.45) is 0.645. The Balaban J connectivity index is 1.20. The smallest absolute Gasteiger partial charge is 0.407 e. The van der Waals surface area contributed by atoms with Crippen molar-refractivity contribution < 1.29 is 24.2 Å². The monoisotopic (exact) mass is 448 g/mol. The van der Waals surface area contributed by atoms with Crippen LogP contribution in [0.2, 0.25) is 0 Å². The van der Waals surface area contributed by atoms with Crippen LogP contribution in [-0.4, -0.2) is 53.7 Å². The van der Waals surface area contributed by atoms with E-state index in [1.807, 2.05) is 31.2 Å². The van der Waals surface area contributed by atoms with Gasteiger partial charge >= 0.3 is 12.1 Å². The second-order valence-corrected chi connectivity index (χ2v) is 9.25. The van der Waals surface area contributed by atoms with Crippen molar-refractivity contribution in [2.75, 3.05) is 19.7 Å². The van der Waals surface area contributed by atoms with Crippen LogP contribution in [0.15, 0.2) is 48.5 Å². The lowest BCUT2D eigenvalue weighted by molar-refractivity contribution is -0.141. The first-order valence-corrected chi connectivity index (χ1v) is 11.6. The molecule has 7 heteroatoms. The average molecular weight is 449 g/mol. The summed E-state index contributed by atoms with van der Waals surface area (Å²) in [7, 11) is 0. The number of piperidine rings is 1. The number of hydrogen-bond acceptors (Lipinski definition) is 4. The van der Waals surface area contributed by atoms with E-state index in [0.29, 0.717) is 19.5 Å². The average Bonchev–Trinajstić information content (AvgIpc) is 3.17. The molecule has 2 aliphatic carbocycles. The molecule has 3 aliphatic rings. The molecule has 1 saturated carbocycles. The molecule has 1 unspecified atom stereocenters. The van der Waals surface area contributed by atoms with Crippen LogP contribution < -0.4 is 5.32 Å². The van der Waals surface area contributed by atoms with Crippen molar-refractivity contribution in [3.05, 3.63) is 59.7 Å². The minimum Gasteiger partial charge on any atom is -0.481 e. The van der Waals surface area contributed by atoms with E-state index in [1.165, 1.54) is 0 Å². The predicted molar refractivity (Wildman–Crippen MR) is 122 cm³/mol. The Kier molecular flexibility index (Phi) is 5.56. The summed E-state index contributed by atoms with van der Waals surface area (Å²) in [6.45, 7) is 3.06. The van der Waals surface area contributed by atoms with Gasteiger partial charge in [0.2, 0.25) is 5.91 Å². The van der Waals surface area contributed by atoms with Gasteiger partial charge in [-0.2, -0.15) is 0 Å². The first-order chi connectivity index (χ1) is 16.0. The molecule has 1 saturated heterocycles. The second kappa shape index (κ2) is 8.54. The number of carbonyl (C=O) groups is 3. The van der Waals surface area contributed by atoms with Gasteiger partial charge in [0.25, 0.3) is 0 Å². The van der Waals surface area contributed by atoms with Gasteiger partial charge in [-0.25, -0.2) is 4.79 Å². The van der Waals surface area contributed by atoms with Crippen LogP contribution in [0.5, 0.6) is 0 Å². The van der Waals surface area contributed by atoms with Crippen LogP contribution in [0.4, 0.5) is 4.79 Å². The van der Waals surface area contributed by atoms with E-state index in [4.69, 9.17) is 4.74 Å². The van der Waals surface area contributed by atoms with Gasteiger partial charge in [0.05, 0.1) is 5.92 Å². The normalized spacial score (nSPS) is 23.3. The number of carboxylic acids is 1. The number of ether oxygens (including phenoxy) is 1. The van der Waals surface area contributed by atoms with Crippen LogP contribution in [0.3, 0.4) is 0 Å². The molecular weight excluding hydrogens is 420 g/mol. The van der Waals surface area contributed by atoms with Crippen molar-refractivity contribution in [1.82, 2.24) is 10.2 Å². The van der Waals surface area contributed by atoms with Crippen LogP contribution in [0, 0.1) is 17.8 Å². The number of fused-ring (bicyclic) bond motifs is 4. The minimum atomic E-state index is -0.779. The summed E-state index contributed by atoms with van der Waals surface area (Å²) in [4.78, 5) is 38.6. The molecule has 5 rings (SSSR count). The van der Waals surface area contributed by atoms with Crippen molar-refractivity contribution in [2.24, 2.45) is 17.8 Å². The molecule has 2 fully saturated rings. The highest BCUT2D eigenvalue weighted by Crippen LogP contribution is 2.51. The third-order valence-corrected chi connectivity index (χ3v) is 7.30. The summed E-state index contributed by atoms with van der Waals surface area (Å²) < 4.78 is 5.61. The fourth-order valence-electron chi connectivity index (χ4n) is 5.62. The number of rotatable bonds is 7. The zero-order chi connectivity index (χ0) is 23.1. The highest BCUT2D eigenvalue weighted by Gasteiger charge is 2.60. The van der Waals surface area contributed by atoms with E-state index in [9.17, 15) is 19.5 Å². The summed E-state index contributed by atoms with van der Waals surface area (Å²) in [6, 6.07) is 15.6. The summed E-state index contributed by atoms with van der Waals surface area (Å²) in [5.74, 6) is -1.21. The molecule has 0 aromatic heterocycles. The van der Waals surface area contributed by atoms with Crippen molar-refractivity contribution in [1.29, 1.82) is 0 Å². The number of alkyl carbamates (subject to hydrolysis) is 1. The quantitative estimate of drug-likeness (QED) is 0.676. The van der Waals surface area contributed by atoms with Crippen LogP contribution in [-0.2, 0) is 14.3 Å². The molecule has 2 aromatic carbocycles. The fourth-order valence-corrected chi connectivity index (χ4v) is 5.62.